The summed E-state index contributed by atoms with van der Waals surface area (Å²) in [4.78, 5) is 23.3. The molecule has 0 bridgehead atoms. The first kappa shape index (κ1) is 15.0. The topological polar surface area (TPSA) is 47.8 Å². The molecule has 0 aliphatic heterocycles. The van der Waals surface area contributed by atoms with E-state index in [2.05, 4.69) is 16.9 Å². The van der Waals surface area contributed by atoms with Crippen LogP contribution in [0.5, 0.6) is 0 Å². The van der Waals surface area contributed by atoms with Gasteiger partial charge in [0.25, 0.3) is 5.56 Å². The minimum Gasteiger partial charge on any atom is -0.294 e. The average Bonchev–Trinajstić information content (AvgIpc) is 3.04. The lowest BCUT2D eigenvalue weighted by molar-refractivity contribution is 0.638. The summed E-state index contributed by atoms with van der Waals surface area (Å²) in [6, 6.07) is 8.39. The summed E-state index contributed by atoms with van der Waals surface area (Å²) in [5, 5.41) is 1.10. The summed E-state index contributed by atoms with van der Waals surface area (Å²) in [5.41, 5.74) is 1.29. The highest BCUT2D eigenvalue weighted by atomic mass is 32.1. The van der Waals surface area contributed by atoms with Gasteiger partial charge < -0.3 is 0 Å². The third kappa shape index (κ3) is 2.39. The molecular formula is C18H14FN3OS. The predicted octanol–water partition coefficient (Wildman–Crippen LogP) is 3.76. The van der Waals surface area contributed by atoms with Gasteiger partial charge in [-0.3, -0.25) is 14.3 Å². The van der Waals surface area contributed by atoms with Gasteiger partial charge in [0.05, 0.1) is 23.8 Å². The summed E-state index contributed by atoms with van der Waals surface area (Å²) >= 11 is 1.54. The molecule has 0 spiro atoms. The molecule has 120 valence electrons. The van der Waals surface area contributed by atoms with Gasteiger partial charge in [0, 0.05) is 16.5 Å². The zero-order valence-corrected chi connectivity index (χ0v) is 13.8. The lowest BCUT2D eigenvalue weighted by Crippen LogP contribution is -2.20. The Bertz CT molecular complexity index is 1120. The van der Waals surface area contributed by atoms with Crippen molar-refractivity contribution in [3.8, 4) is 0 Å². The summed E-state index contributed by atoms with van der Waals surface area (Å²) in [6.45, 7) is 2.37. The number of hydrogen-bond acceptors (Lipinski definition) is 4. The van der Waals surface area contributed by atoms with E-state index in [1.54, 1.807) is 46.6 Å². The molecule has 1 aromatic carbocycles. The fraction of sp³-hybridized carbons (Fsp3) is 0.167. The number of thiophene rings is 1. The Kier molecular flexibility index (Phi) is 3.61. The number of aryl methyl sites for hydroxylation is 1. The molecule has 0 saturated heterocycles. The highest BCUT2D eigenvalue weighted by molar-refractivity contribution is 7.18. The third-order valence-electron chi connectivity index (χ3n) is 4.06. The Balaban J connectivity index is 1.84. The SMILES string of the molecule is CCc1cc2c(=O)n(Cc3ccc(F)c4cccnc34)cnc2s1. The van der Waals surface area contributed by atoms with Gasteiger partial charge in [-0.25, -0.2) is 9.37 Å². The number of rotatable bonds is 3. The third-order valence-corrected chi connectivity index (χ3v) is 5.25. The Morgan fingerprint density at radius 2 is 2.08 bits per heavy atom. The minimum absolute atomic E-state index is 0.0793. The van der Waals surface area contributed by atoms with Gasteiger partial charge in [-0.2, -0.15) is 0 Å². The zero-order chi connectivity index (χ0) is 16.7. The summed E-state index contributed by atoms with van der Waals surface area (Å²) in [5.74, 6) is -0.312. The second-order valence-corrected chi connectivity index (χ2v) is 6.68. The van der Waals surface area contributed by atoms with E-state index in [1.807, 2.05) is 6.07 Å². The fourth-order valence-electron chi connectivity index (χ4n) is 2.80. The molecule has 24 heavy (non-hydrogen) atoms. The van der Waals surface area contributed by atoms with Crippen molar-refractivity contribution in [2.75, 3.05) is 0 Å². The quantitative estimate of drug-likeness (QED) is 0.571. The van der Waals surface area contributed by atoms with Crippen molar-refractivity contribution in [2.24, 2.45) is 0 Å². The molecule has 0 aliphatic carbocycles. The van der Waals surface area contributed by atoms with Crippen molar-refractivity contribution in [1.82, 2.24) is 14.5 Å². The lowest BCUT2D eigenvalue weighted by atomic mass is 10.1. The van der Waals surface area contributed by atoms with Crippen LogP contribution in [0.25, 0.3) is 21.1 Å². The second kappa shape index (κ2) is 5.79. The van der Waals surface area contributed by atoms with Crippen LogP contribution in [-0.2, 0) is 13.0 Å². The molecule has 4 aromatic rings. The second-order valence-electron chi connectivity index (χ2n) is 5.57. The van der Waals surface area contributed by atoms with Crippen LogP contribution in [0.15, 0.2) is 47.7 Å². The van der Waals surface area contributed by atoms with Gasteiger partial charge in [0.1, 0.15) is 10.6 Å². The number of fused-ring (bicyclic) bond motifs is 2. The molecular weight excluding hydrogens is 325 g/mol. The van der Waals surface area contributed by atoms with Gasteiger partial charge >= 0.3 is 0 Å². The summed E-state index contributed by atoms with van der Waals surface area (Å²) < 4.78 is 15.5. The van der Waals surface area contributed by atoms with Crippen molar-refractivity contribution in [3.63, 3.8) is 0 Å². The van der Waals surface area contributed by atoms with E-state index in [4.69, 9.17) is 0 Å². The van der Waals surface area contributed by atoms with Gasteiger partial charge in [-0.15, -0.1) is 11.3 Å². The van der Waals surface area contributed by atoms with Crippen molar-refractivity contribution in [3.05, 3.63) is 69.5 Å². The highest BCUT2D eigenvalue weighted by Gasteiger charge is 2.11. The van der Waals surface area contributed by atoms with Crippen LogP contribution < -0.4 is 5.56 Å². The first-order valence-electron chi connectivity index (χ1n) is 7.67. The minimum atomic E-state index is -0.312. The molecule has 0 amide bonds. The summed E-state index contributed by atoms with van der Waals surface area (Å²) in [7, 11) is 0. The van der Waals surface area contributed by atoms with Gasteiger partial charge in [0.15, 0.2) is 0 Å². The fourth-order valence-corrected chi connectivity index (χ4v) is 3.73. The Labute approximate surface area is 141 Å². The standard InChI is InChI=1S/C18H14FN3OS/c1-2-12-8-14-17(24-12)21-10-22(18(14)23)9-11-5-6-15(19)13-4-3-7-20-16(11)13/h3-8,10H,2,9H2,1H3. The van der Waals surface area contributed by atoms with Crippen LogP contribution in [0.1, 0.15) is 17.4 Å². The Hall–Kier alpha value is -2.60. The Morgan fingerprint density at radius 3 is 2.92 bits per heavy atom. The molecule has 0 unspecified atom stereocenters. The van der Waals surface area contributed by atoms with E-state index in [-0.39, 0.29) is 11.4 Å². The van der Waals surface area contributed by atoms with E-state index in [0.29, 0.717) is 22.8 Å². The number of nitrogens with zero attached hydrogens (tertiary/aromatic N) is 3. The van der Waals surface area contributed by atoms with Crippen LogP contribution in [0.2, 0.25) is 0 Å². The maximum absolute atomic E-state index is 13.9. The predicted molar refractivity (Wildman–Crippen MR) is 94.1 cm³/mol. The first-order valence-corrected chi connectivity index (χ1v) is 8.49. The van der Waals surface area contributed by atoms with Gasteiger partial charge in [-0.1, -0.05) is 13.0 Å². The number of hydrogen-bond donors (Lipinski definition) is 0. The molecule has 0 radical (unpaired) electrons. The van der Waals surface area contributed by atoms with E-state index in [9.17, 15) is 9.18 Å². The van der Waals surface area contributed by atoms with Crippen molar-refractivity contribution >= 4 is 32.5 Å². The van der Waals surface area contributed by atoms with E-state index >= 15 is 0 Å². The number of pyridine rings is 1. The van der Waals surface area contributed by atoms with E-state index < -0.39 is 0 Å². The first-order chi connectivity index (χ1) is 11.7. The van der Waals surface area contributed by atoms with Crippen molar-refractivity contribution in [1.29, 1.82) is 0 Å². The highest BCUT2D eigenvalue weighted by Crippen LogP contribution is 2.22. The maximum Gasteiger partial charge on any atom is 0.262 e. The maximum atomic E-state index is 13.9. The van der Waals surface area contributed by atoms with E-state index in [1.165, 1.54) is 6.07 Å². The molecule has 0 N–H and O–H groups in total. The molecule has 6 heteroatoms. The number of halogens is 1. The number of benzene rings is 1. The van der Waals surface area contributed by atoms with Crippen LogP contribution in [0.3, 0.4) is 0 Å². The van der Waals surface area contributed by atoms with Crippen molar-refractivity contribution in [2.45, 2.75) is 19.9 Å². The van der Waals surface area contributed by atoms with Crippen LogP contribution in [0.4, 0.5) is 4.39 Å². The largest absolute Gasteiger partial charge is 0.294 e. The normalized spacial score (nSPS) is 11.4. The molecule has 3 aromatic heterocycles. The van der Waals surface area contributed by atoms with E-state index in [0.717, 1.165) is 21.7 Å². The summed E-state index contributed by atoms with van der Waals surface area (Å²) in [6.07, 6.45) is 4.06. The van der Waals surface area contributed by atoms with Crippen LogP contribution in [0, 0.1) is 5.82 Å². The monoisotopic (exact) mass is 339 g/mol. The molecule has 3 heterocycles. The Morgan fingerprint density at radius 1 is 1.21 bits per heavy atom. The molecule has 4 rings (SSSR count). The lowest BCUT2D eigenvalue weighted by Gasteiger charge is -2.08. The molecule has 0 aliphatic rings. The molecule has 0 fully saturated rings. The number of aromatic nitrogens is 3. The molecule has 4 nitrogen and oxygen atoms in total. The molecule has 0 saturated carbocycles. The van der Waals surface area contributed by atoms with Gasteiger partial charge in [0.2, 0.25) is 0 Å². The smallest absolute Gasteiger partial charge is 0.262 e. The van der Waals surface area contributed by atoms with Crippen LogP contribution in [-0.4, -0.2) is 14.5 Å². The van der Waals surface area contributed by atoms with Crippen LogP contribution >= 0.6 is 11.3 Å². The zero-order valence-electron chi connectivity index (χ0n) is 13.0. The van der Waals surface area contributed by atoms with Crippen molar-refractivity contribution < 1.29 is 4.39 Å². The van der Waals surface area contributed by atoms with Gasteiger partial charge in [-0.05, 0) is 36.2 Å². The molecule has 0 atom stereocenters. The average molecular weight is 339 g/mol.